The molecule has 0 spiro atoms. The van der Waals surface area contributed by atoms with Crippen molar-refractivity contribution in [2.24, 2.45) is 0 Å². The quantitative estimate of drug-likeness (QED) is 0.754. The van der Waals surface area contributed by atoms with Crippen LogP contribution >= 0.6 is 0 Å². The van der Waals surface area contributed by atoms with E-state index >= 15 is 0 Å². The minimum atomic E-state index is 0.524. The second-order valence-electron chi connectivity index (χ2n) is 4.50. The Kier molecular flexibility index (Phi) is 2.91. The standard InChI is InChI=1S/C12H19N3/c1-9-4-5-13-12(6-9)15-8-10(2)14-7-11(15)3/h4-6,10-11,14H,7-8H2,1-3H3. The van der Waals surface area contributed by atoms with E-state index in [2.05, 4.69) is 42.0 Å². The fourth-order valence-corrected chi connectivity index (χ4v) is 2.02. The minimum absolute atomic E-state index is 0.524. The minimum Gasteiger partial charge on any atom is -0.351 e. The summed E-state index contributed by atoms with van der Waals surface area (Å²) in [5.74, 6) is 1.11. The molecule has 1 fully saturated rings. The number of aromatic nitrogens is 1. The summed E-state index contributed by atoms with van der Waals surface area (Å²) in [5.41, 5.74) is 1.28. The molecule has 1 aromatic heterocycles. The van der Waals surface area contributed by atoms with Gasteiger partial charge in [0.25, 0.3) is 0 Å². The van der Waals surface area contributed by atoms with Gasteiger partial charge in [0.15, 0.2) is 0 Å². The van der Waals surface area contributed by atoms with E-state index in [0.717, 1.165) is 18.9 Å². The number of hydrogen-bond donors (Lipinski definition) is 1. The normalized spacial score (nSPS) is 26.7. The Morgan fingerprint density at radius 1 is 1.47 bits per heavy atom. The van der Waals surface area contributed by atoms with Gasteiger partial charge in [0, 0.05) is 31.4 Å². The first-order chi connectivity index (χ1) is 7.16. The number of hydrogen-bond acceptors (Lipinski definition) is 3. The lowest BCUT2D eigenvalue weighted by atomic mass is 10.1. The molecule has 2 unspecified atom stereocenters. The van der Waals surface area contributed by atoms with E-state index in [1.165, 1.54) is 5.56 Å². The van der Waals surface area contributed by atoms with Gasteiger partial charge in [0.1, 0.15) is 5.82 Å². The maximum absolute atomic E-state index is 4.45. The predicted octanol–water partition coefficient (Wildman–Crippen LogP) is 1.58. The van der Waals surface area contributed by atoms with E-state index in [-0.39, 0.29) is 0 Å². The van der Waals surface area contributed by atoms with Crippen molar-refractivity contribution >= 4 is 5.82 Å². The van der Waals surface area contributed by atoms with Gasteiger partial charge in [-0.3, -0.25) is 0 Å². The van der Waals surface area contributed by atoms with Gasteiger partial charge >= 0.3 is 0 Å². The molecule has 0 aromatic carbocycles. The van der Waals surface area contributed by atoms with Gasteiger partial charge < -0.3 is 10.2 Å². The van der Waals surface area contributed by atoms with Crippen molar-refractivity contribution in [3.8, 4) is 0 Å². The summed E-state index contributed by atoms with van der Waals surface area (Å²) in [7, 11) is 0. The summed E-state index contributed by atoms with van der Waals surface area (Å²) in [4.78, 5) is 6.83. The highest BCUT2D eigenvalue weighted by Gasteiger charge is 2.23. The zero-order chi connectivity index (χ0) is 10.8. The molecular formula is C12H19N3. The maximum atomic E-state index is 4.45. The second kappa shape index (κ2) is 4.19. The second-order valence-corrected chi connectivity index (χ2v) is 4.50. The molecule has 1 N–H and O–H groups in total. The molecule has 0 aliphatic carbocycles. The molecule has 1 aliphatic heterocycles. The molecule has 0 radical (unpaired) electrons. The van der Waals surface area contributed by atoms with Crippen LogP contribution in [0, 0.1) is 6.92 Å². The molecule has 15 heavy (non-hydrogen) atoms. The van der Waals surface area contributed by atoms with E-state index in [4.69, 9.17) is 0 Å². The Balaban J connectivity index is 2.21. The molecule has 3 heteroatoms. The maximum Gasteiger partial charge on any atom is 0.129 e. The van der Waals surface area contributed by atoms with E-state index < -0.39 is 0 Å². The number of aryl methyl sites for hydroxylation is 1. The summed E-state index contributed by atoms with van der Waals surface area (Å²) in [6.07, 6.45) is 1.89. The van der Waals surface area contributed by atoms with Crippen LogP contribution in [0.5, 0.6) is 0 Å². The third kappa shape index (κ3) is 2.29. The van der Waals surface area contributed by atoms with Gasteiger partial charge in [-0.2, -0.15) is 0 Å². The van der Waals surface area contributed by atoms with Gasteiger partial charge in [-0.15, -0.1) is 0 Å². The highest BCUT2D eigenvalue weighted by Crippen LogP contribution is 2.17. The third-order valence-corrected chi connectivity index (χ3v) is 2.96. The van der Waals surface area contributed by atoms with Crippen molar-refractivity contribution in [1.29, 1.82) is 0 Å². The number of piperazine rings is 1. The SMILES string of the molecule is Cc1ccnc(N2CC(C)NCC2C)c1. The van der Waals surface area contributed by atoms with Crippen LogP contribution in [0.1, 0.15) is 19.4 Å². The first-order valence-electron chi connectivity index (χ1n) is 5.59. The number of rotatable bonds is 1. The highest BCUT2D eigenvalue weighted by atomic mass is 15.3. The highest BCUT2D eigenvalue weighted by molar-refractivity contribution is 5.42. The Morgan fingerprint density at radius 3 is 3.00 bits per heavy atom. The summed E-state index contributed by atoms with van der Waals surface area (Å²) < 4.78 is 0. The van der Waals surface area contributed by atoms with Crippen molar-refractivity contribution in [2.45, 2.75) is 32.9 Å². The van der Waals surface area contributed by atoms with Crippen molar-refractivity contribution in [2.75, 3.05) is 18.0 Å². The van der Waals surface area contributed by atoms with Crippen LogP contribution in [0.2, 0.25) is 0 Å². The number of nitrogens with one attached hydrogen (secondary N) is 1. The third-order valence-electron chi connectivity index (χ3n) is 2.96. The Bertz CT molecular complexity index is 337. The zero-order valence-electron chi connectivity index (χ0n) is 9.70. The van der Waals surface area contributed by atoms with Gasteiger partial charge in [0.2, 0.25) is 0 Å². The monoisotopic (exact) mass is 205 g/mol. The summed E-state index contributed by atoms with van der Waals surface area (Å²) in [6.45, 7) is 8.65. The summed E-state index contributed by atoms with van der Waals surface area (Å²) >= 11 is 0. The van der Waals surface area contributed by atoms with Crippen LogP contribution in [0.3, 0.4) is 0 Å². The van der Waals surface area contributed by atoms with Crippen LogP contribution in [0.4, 0.5) is 5.82 Å². The fourth-order valence-electron chi connectivity index (χ4n) is 2.02. The summed E-state index contributed by atoms with van der Waals surface area (Å²) in [5, 5.41) is 3.48. The molecule has 1 aliphatic rings. The summed E-state index contributed by atoms with van der Waals surface area (Å²) in [6, 6.07) is 5.27. The van der Waals surface area contributed by atoms with E-state index in [1.54, 1.807) is 0 Å². The molecular weight excluding hydrogens is 186 g/mol. The van der Waals surface area contributed by atoms with Gasteiger partial charge in [-0.1, -0.05) is 0 Å². The van der Waals surface area contributed by atoms with Crippen molar-refractivity contribution in [3.63, 3.8) is 0 Å². The van der Waals surface area contributed by atoms with Crippen LogP contribution in [-0.4, -0.2) is 30.2 Å². The largest absolute Gasteiger partial charge is 0.351 e. The van der Waals surface area contributed by atoms with Crippen LogP contribution < -0.4 is 10.2 Å². The van der Waals surface area contributed by atoms with Crippen LogP contribution in [0.25, 0.3) is 0 Å². The van der Waals surface area contributed by atoms with E-state index in [1.807, 2.05) is 12.3 Å². The van der Waals surface area contributed by atoms with Crippen molar-refractivity contribution < 1.29 is 0 Å². The van der Waals surface area contributed by atoms with Gasteiger partial charge in [-0.05, 0) is 38.5 Å². The number of nitrogens with zero attached hydrogens (tertiary/aromatic N) is 2. The molecule has 0 saturated carbocycles. The predicted molar refractivity (Wildman–Crippen MR) is 63.2 cm³/mol. The smallest absolute Gasteiger partial charge is 0.129 e. The average molecular weight is 205 g/mol. The first kappa shape index (κ1) is 10.4. The van der Waals surface area contributed by atoms with Gasteiger partial charge in [0.05, 0.1) is 0 Å². The number of anilines is 1. The molecule has 0 amide bonds. The topological polar surface area (TPSA) is 28.2 Å². The Hall–Kier alpha value is -1.09. The Morgan fingerprint density at radius 2 is 2.27 bits per heavy atom. The lowest BCUT2D eigenvalue weighted by Gasteiger charge is -2.38. The molecule has 1 aromatic rings. The zero-order valence-corrected chi connectivity index (χ0v) is 9.70. The average Bonchev–Trinajstić information content (AvgIpc) is 2.22. The lowest BCUT2D eigenvalue weighted by molar-refractivity contribution is 0.422. The fraction of sp³-hybridized carbons (Fsp3) is 0.583. The molecule has 1 saturated heterocycles. The number of pyridine rings is 1. The Labute approximate surface area is 91.5 Å². The molecule has 2 rings (SSSR count). The van der Waals surface area contributed by atoms with Gasteiger partial charge in [-0.25, -0.2) is 4.98 Å². The molecule has 2 atom stereocenters. The van der Waals surface area contributed by atoms with E-state index in [0.29, 0.717) is 12.1 Å². The van der Waals surface area contributed by atoms with Crippen molar-refractivity contribution in [3.05, 3.63) is 23.9 Å². The molecule has 82 valence electrons. The van der Waals surface area contributed by atoms with E-state index in [9.17, 15) is 0 Å². The van der Waals surface area contributed by atoms with Crippen LogP contribution in [0.15, 0.2) is 18.3 Å². The molecule has 2 heterocycles. The van der Waals surface area contributed by atoms with Crippen LogP contribution in [-0.2, 0) is 0 Å². The first-order valence-corrected chi connectivity index (χ1v) is 5.59. The van der Waals surface area contributed by atoms with Crippen molar-refractivity contribution in [1.82, 2.24) is 10.3 Å². The lowest BCUT2D eigenvalue weighted by Crippen LogP contribution is -2.54. The molecule has 0 bridgehead atoms. The molecule has 3 nitrogen and oxygen atoms in total.